The molecule has 0 fully saturated rings. The first-order chi connectivity index (χ1) is 11.7. The molecule has 0 unspecified atom stereocenters. The van der Waals surface area contributed by atoms with Gasteiger partial charge in [-0.25, -0.2) is 4.98 Å². The summed E-state index contributed by atoms with van der Waals surface area (Å²) in [5, 5.41) is 3.52. The van der Waals surface area contributed by atoms with Crippen LogP contribution in [-0.2, 0) is 6.54 Å². The molecule has 2 rings (SSSR count). The number of imidazole rings is 1. The van der Waals surface area contributed by atoms with Gasteiger partial charge in [-0.3, -0.25) is 0 Å². The molecular weight excluding hydrogens is 294 g/mol. The molecule has 0 radical (unpaired) electrons. The third-order valence-corrected chi connectivity index (χ3v) is 4.33. The molecule has 0 amide bonds. The fourth-order valence-corrected chi connectivity index (χ4v) is 2.93. The molecule has 0 saturated carbocycles. The molecule has 1 heterocycles. The lowest BCUT2D eigenvalue weighted by atomic mass is 10.1. The Labute approximate surface area is 147 Å². The molecule has 132 valence electrons. The molecule has 0 aliphatic carbocycles. The molecule has 0 aliphatic rings. The van der Waals surface area contributed by atoms with Gasteiger partial charge in [0.1, 0.15) is 0 Å². The first kappa shape index (κ1) is 18.6. The second kappa shape index (κ2) is 10.2. The molecular formula is C21H33N3. The summed E-state index contributed by atoms with van der Waals surface area (Å²) < 4.78 is 2.36. The zero-order valence-electron chi connectivity index (χ0n) is 15.6. The molecule has 1 N–H and O–H groups in total. The lowest BCUT2D eigenvalue weighted by Crippen LogP contribution is -2.13. The van der Waals surface area contributed by atoms with Gasteiger partial charge in [-0.2, -0.15) is 0 Å². The SMILES string of the molecule is CCCCCCCCn1c(-c2ccccc2)cnc1NCC(C)C. The Balaban J connectivity index is 2.04. The topological polar surface area (TPSA) is 29.9 Å². The van der Waals surface area contributed by atoms with Crippen LogP contribution in [0.5, 0.6) is 0 Å². The van der Waals surface area contributed by atoms with Crippen molar-refractivity contribution >= 4 is 5.95 Å². The van der Waals surface area contributed by atoms with Crippen LogP contribution in [0.15, 0.2) is 36.5 Å². The molecule has 2 aromatic rings. The van der Waals surface area contributed by atoms with E-state index in [0.29, 0.717) is 5.92 Å². The molecule has 1 aromatic carbocycles. The van der Waals surface area contributed by atoms with Crippen molar-refractivity contribution < 1.29 is 0 Å². The number of unbranched alkanes of at least 4 members (excludes halogenated alkanes) is 5. The van der Waals surface area contributed by atoms with Crippen molar-refractivity contribution in [2.45, 2.75) is 65.8 Å². The smallest absolute Gasteiger partial charge is 0.203 e. The lowest BCUT2D eigenvalue weighted by Gasteiger charge is -2.14. The van der Waals surface area contributed by atoms with E-state index in [1.54, 1.807) is 0 Å². The van der Waals surface area contributed by atoms with E-state index in [-0.39, 0.29) is 0 Å². The van der Waals surface area contributed by atoms with Gasteiger partial charge in [-0.15, -0.1) is 0 Å². The van der Waals surface area contributed by atoms with Crippen molar-refractivity contribution in [1.82, 2.24) is 9.55 Å². The van der Waals surface area contributed by atoms with E-state index in [1.807, 2.05) is 6.20 Å². The van der Waals surface area contributed by atoms with Crippen molar-refractivity contribution in [2.75, 3.05) is 11.9 Å². The summed E-state index contributed by atoms with van der Waals surface area (Å²) in [4.78, 5) is 4.64. The summed E-state index contributed by atoms with van der Waals surface area (Å²) in [6.45, 7) is 8.72. The summed E-state index contributed by atoms with van der Waals surface area (Å²) in [6, 6.07) is 10.6. The number of anilines is 1. The summed E-state index contributed by atoms with van der Waals surface area (Å²) >= 11 is 0. The molecule has 0 spiro atoms. The fraction of sp³-hybridized carbons (Fsp3) is 0.571. The van der Waals surface area contributed by atoms with Crippen molar-refractivity contribution in [3.05, 3.63) is 36.5 Å². The summed E-state index contributed by atoms with van der Waals surface area (Å²) in [5.74, 6) is 1.63. The molecule has 3 heteroatoms. The van der Waals surface area contributed by atoms with Gasteiger partial charge in [-0.05, 0) is 17.9 Å². The largest absolute Gasteiger partial charge is 0.355 e. The number of hydrogen-bond donors (Lipinski definition) is 1. The van der Waals surface area contributed by atoms with Crippen LogP contribution in [0, 0.1) is 5.92 Å². The van der Waals surface area contributed by atoms with E-state index in [2.05, 4.69) is 66.0 Å². The quantitative estimate of drug-likeness (QED) is 0.515. The average Bonchev–Trinajstić information content (AvgIpc) is 3.00. The number of benzene rings is 1. The van der Waals surface area contributed by atoms with Crippen LogP contribution in [0.2, 0.25) is 0 Å². The molecule has 24 heavy (non-hydrogen) atoms. The second-order valence-electron chi connectivity index (χ2n) is 7.03. The Morgan fingerprint density at radius 1 is 1.00 bits per heavy atom. The third-order valence-electron chi connectivity index (χ3n) is 4.33. The van der Waals surface area contributed by atoms with Crippen LogP contribution in [0.1, 0.15) is 59.3 Å². The Bertz CT molecular complexity index is 572. The molecule has 0 saturated heterocycles. The standard InChI is InChI=1S/C21H33N3/c1-4-5-6-7-8-12-15-24-20(19-13-10-9-11-14-19)17-23-21(24)22-16-18(2)3/h9-11,13-14,17-18H,4-8,12,15-16H2,1-3H3,(H,22,23). The minimum atomic E-state index is 0.615. The van der Waals surface area contributed by atoms with Crippen molar-refractivity contribution in [2.24, 2.45) is 5.92 Å². The number of aromatic nitrogens is 2. The summed E-state index contributed by atoms with van der Waals surface area (Å²) in [7, 11) is 0. The summed E-state index contributed by atoms with van der Waals surface area (Å²) in [5.41, 5.74) is 2.46. The molecule has 3 nitrogen and oxygen atoms in total. The Morgan fingerprint density at radius 3 is 2.42 bits per heavy atom. The van der Waals surface area contributed by atoms with Crippen LogP contribution in [0.3, 0.4) is 0 Å². The van der Waals surface area contributed by atoms with E-state index in [1.165, 1.54) is 49.8 Å². The Kier molecular flexibility index (Phi) is 7.87. The summed E-state index contributed by atoms with van der Waals surface area (Å²) in [6.07, 6.45) is 9.91. The van der Waals surface area contributed by atoms with E-state index in [0.717, 1.165) is 19.0 Å². The van der Waals surface area contributed by atoms with Gasteiger partial charge in [0.25, 0.3) is 0 Å². The predicted molar refractivity (Wildman–Crippen MR) is 104 cm³/mol. The minimum absolute atomic E-state index is 0.615. The molecule has 0 bridgehead atoms. The van der Waals surface area contributed by atoms with Crippen LogP contribution in [-0.4, -0.2) is 16.1 Å². The van der Waals surface area contributed by atoms with Crippen molar-refractivity contribution in [1.29, 1.82) is 0 Å². The number of rotatable bonds is 11. The number of nitrogens with one attached hydrogen (secondary N) is 1. The van der Waals surface area contributed by atoms with Gasteiger partial charge in [0, 0.05) is 13.1 Å². The highest BCUT2D eigenvalue weighted by Crippen LogP contribution is 2.24. The van der Waals surface area contributed by atoms with Crippen LogP contribution >= 0.6 is 0 Å². The van der Waals surface area contributed by atoms with Gasteiger partial charge in [0.05, 0.1) is 11.9 Å². The Hall–Kier alpha value is -1.77. The van der Waals surface area contributed by atoms with Crippen molar-refractivity contribution in [3.8, 4) is 11.3 Å². The molecule has 0 atom stereocenters. The van der Waals surface area contributed by atoms with Gasteiger partial charge < -0.3 is 9.88 Å². The Morgan fingerprint density at radius 2 is 1.71 bits per heavy atom. The monoisotopic (exact) mass is 327 g/mol. The van der Waals surface area contributed by atoms with E-state index < -0.39 is 0 Å². The normalized spacial score (nSPS) is 11.2. The van der Waals surface area contributed by atoms with E-state index in [4.69, 9.17) is 0 Å². The second-order valence-corrected chi connectivity index (χ2v) is 7.03. The van der Waals surface area contributed by atoms with Crippen LogP contribution < -0.4 is 5.32 Å². The number of hydrogen-bond acceptors (Lipinski definition) is 2. The van der Waals surface area contributed by atoms with Crippen molar-refractivity contribution in [3.63, 3.8) is 0 Å². The van der Waals surface area contributed by atoms with Gasteiger partial charge >= 0.3 is 0 Å². The fourth-order valence-electron chi connectivity index (χ4n) is 2.93. The first-order valence-corrected chi connectivity index (χ1v) is 9.57. The highest BCUT2D eigenvalue weighted by molar-refractivity contribution is 5.61. The predicted octanol–water partition coefficient (Wildman–Crippen LogP) is 5.98. The van der Waals surface area contributed by atoms with Gasteiger partial charge in [-0.1, -0.05) is 83.2 Å². The lowest BCUT2D eigenvalue weighted by molar-refractivity contribution is 0.560. The van der Waals surface area contributed by atoms with E-state index in [9.17, 15) is 0 Å². The third kappa shape index (κ3) is 5.70. The van der Waals surface area contributed by atoms with Crippen LogP contribution in [0.25, 0.3) is 11.3 Å². The van der Waals surface area contributed by atoms with Gasteiger partial charge in [0.15, 0.2) is 0 Å². The minimum Gasteiger partial charge on any atom is -0.355 e. The maximum Gasteiger partial charge on any atom is 0.203 e. The van der Waals surface area contributed by atoms with E-state index >= 15 is 0 Å². The highest BCUT2D eigenvalue weighted by Gasteiger charge is 2.11. The zero-order chi connectivity index (χ0) is 17.2. The molecule has 0 aliphatic heterocycles. The van der Waals surface area contributed by atoms with Gasteiger partial charge in [0.2, 0.25) is 5.95 Å². The molecule has 1 aromatic heterocycles. The zero-order valence-corrected chi connectivity index (χ0v) is 15.6. The number of nitrogens with zero attached hydrogens (tertiary/aromatic N) is 2. The highest BCUT2D eigenvalue weighted by atomic mass is 15.2. The first-order valence-electron chi connectivity index (χ1n) is 9.57. The van der Waals surface area contributed by atoms with Crippen LogP contribution in [0.4, 0.5) is 5.95 Å². The maximum atomic E-state index is 4.64. The average molecular weight is 328 g/mol. The maximum absolute atomic E-state index is 4.64.